The standard InChI is InChI=1S/C19H21N5O3/c1-4-27-19(25)15(16-9-10-22-24(16)2)11-20-18-14(12-21-23-18)13-7-5-6-8-17(13)26-3/h5-12H,4H2,1-3H3,(H2,20,21,23)/b15-11-. The van der Waals surface area contributed by atoms with Crippen molar-refractivity contribution in [2.24, 2.45) is 7.05 Å². The number of anilines is 1. The van der Waals surface area contributed by atoms with Gasteiger partial charge < -0.3 is 14.8 Å². The van der Waals surface area contributed by atoms with Crippen LogP contribution in [0.2, 0.25) is 0 Å². The normalized spacial score (nSPS) is 11.3. The van der Waals surface area contributed by atoms with Gasteiger partial charge in [-0.05, 0) is 19.1 Å². The molecular formula is C19H21N5O3. The van der Waals surface area contributed by atoms with E-state index >= 15 is 0 Å². The van der Waals surface area contributed by atoms with Gasteiger partial charge in [-0.2, -0.15) is 10.2 Å². The number of aromatic amines is 1. The maximum Gasteiger partial charge on any atom is 0.341 e. The molecule has 0 aliphatic heterocycles. The van der Waals surface area contributed by atoms with Crippen molar-refractivity contribution in [3.63, 3.8) is 0 Å². The molecule has 2 N–H and O–H groups in total. The number of esters is 1. The molecule has 1 aromatic carbocycles. The average molecular weight is 367 g/mol. The van der Waals surface area contributed by atoms with Gasteiger partial charge in [0.1, 0.15) is 17.1 Å². The molecule has 2 heterocycles. The van der Waals surface area contributed by atoms with Crippen LogP contribution in [0, 0.1) is 0 Å². The Morgan fingerprint density at radius 3 is 2.81 bits per heavy atom. The van der Waals surface area contributed by atoms with E-state index in [9.17, 15) is 4.79 Å². The third kappa shape index (κ3) is 3.84. The SMILES string of the molecule is CCOC(=O)/C(=C\Nc1[nH]ncc1-c1ccccc1OC)c1ccnn1C. The fourth-order valence-electron chi connectivity index (χ4n) is 2.70. The van der Waals surface area contributed by atoms with E-state index < -0.39 is 5.97 Å². The van der Waals surface area contributed by atoms with E-state index in [0.717, 1.165) is 16.9 Å². The minimum Gasteiger partial charge on any atom is -0.496 e. The molecule has 0 radical (unpaired) electrons. The lowest BCUT2D eigenvalue weighted by Crippen LogP contribution is -2.11. The van der Waals surface area contributed by atoms with E-state index in [2.05, 4.69) is 20.6 Å². The maximum absolute atomic E-state index is 12.4. The largest absolute Gasteiger partial charge is 0.496 e. The zero-order valence-electron chi connectivity index (χ0n) is 15.4. The molecular weight excluding hydrogens is 346 g/mol. The third-order valence-electron chi connectivity index (χ3n) is 3.99. The number of aromatic nitrogens is 4. The molecule has 0 aliphatic carbocycles. The Morgan fingerprint density at radius 2 is 2.11 bits per heavy atom. The molecule has 140 valence electrons. The van der Waals surface area contributed by atoms with Gasteiger partial charge in [-0.25, -0.2) is 4.79 Å². The number of ether oxygens (including phenoxy) is 2. The molecule has 8 nitrogen and oxygen atoms in total. The number of benzene rings is 1. The monoisotopic (exact) mass is 367 g/mol. The molecule has 0 amide bonds. The number of carbonyl (C=O) groups is 1. The van der Waals surface area contributed by atoms with Crippen molar-refractivity contribution in [2.45, 2.75) is 6.92 Å². The number of hydrogen-bond acceptors (Lipinski definition) is 6. The first-order chi connectivity index (χ1) is 13.2. The molecule has 0 unspecified atom stereocenters. The van der Waals surface area contributed by atoms with Crippen molar-refractivity contribution in [1.29, 1.82) is 0 Å². The van der Waals surface area contributed by atoms with E-state index in [1.165, 1.54) is 0 Å². The molecule has 8 heteroatoms. The highest BCUT2D eigenvalue weighted by atomic mass is 16.5. The van der Waals surface area contributed by atoms with Crippen LogP contribution in [0.1, 0.15) is 12.6 Å². The van der Waals surface area contributed by atoms with E-state index in [0.29, 0.717) is 17.1 Å². The Bertz CT molecular complexity index is 958. The molecule has 0 aliphatic rings. The highest BCUT2D eigenvalue weighted by Crippen LogP contribution is 2.33. The van der Waals surface area contributed by atoms with E-state index in [1.807, 2.05) is 24.3 Å². The molecule has 0 bridgehead atoms. The number of aryl methyl sites for hydroxylation is 1. The third-order valence-corrected chi connectivity index (χ3v) is 3.99. The summed E-state index contributed by atoms with van der Waals surface area (Å²) in [5.41, 5.74) is 2.69. The summed E-state index contributed by atoms with van der Waals surface area (Å²) >= 11 is 0. The lowest BCUT2D eigenvalue weighted by Gasteiger charge is -2.10. The van der Waals surface area contributed by atoms with Crippen molar-refractivity contribution in [3.8, 4) is 16.9 Å². The van der Waals surface area contributed by atoms with Crippen LogP contribution < -0.4 is 10.1 Å². The summed E-state index contributed by atoms with van der Waals surface area (Å²) in [5.74, 6) is 0.915. The number of nitrogens with zero attached hydrogens (tertiary/aromatic N) is 3. The first-order valence-corrected chi connectivity index (χ1v) is 8.44. The summed E-state index contributed by atoms with van der Waals surface area (Å²) in [5, 5.41) is 14.3. The summed E-state index contributed by atoms with van der Waals surface area (Å²) in [4.78, 5) is 12.4. The molecule has 27 heavy (non-hydrogen) atoms. The molecule has 0 fully saturated rings. The van der Waals surface area contributed by atoms with Gasteiger partial charge in [-0.3, -0.25) is 9.78 Å². The summed E-state index contributed by atoms with van der Waals surface area (Å²) in [6.07, 6.45) is 4.91. The maximum atomic E-state index is 12.4. The average Bonchev–Trinajstić information content (AvgIpc) is 3.31. The fourth-order valence-corrected chi connectivity index (χ4v) is 2.70. The highest BCUT2D eigenvalue weighted by molar-refractivity contribution is 6.16. The van der Waals surface area contributed by atoms with Gasteiger partial charge in [-0.15, -0.1) is 0 Å². The smallest absolute Gasteiger partial charge is 0.341 e. The summed E-state index contributed by atoms with van der Waals surface area (Å²) in [6.45, 7) is 2.05. The molecule has 0 saturated heterocycles. The summed E-state index contributed by atoms with van der Waals surface area (Å²) in [7, 11) is 3.38. The molecule has 0 spiro atoms. The van der Waals surface area contributed by atoms with Crippen molar-refractivity contribution in [3.05, 3.63) is 54.6 Å². The van der Waals surface area contributed by atoms with Gasteiger partial charge in [0.15, 0.2) is 0 Å². The Hall–Kier alpha value is -3.55. The number of hydrogen-bond donors (Lipinski definition) is 2. The first-order valence-electron chi connectivity index (χ1n) is 8.44. The van der Waals surface area contributed by atoms with Gasteiger partial charge in [0.2, 0.25) is 0 Å². The van der Waals surface area contributed by atoms with Crippen LogP contribution in [-0.4, -0.2) is 39.7 Å². The van der Waals surface area contributed by atoms with Crippen molar-refractivity contribution < 1.29 is 14.3 Å². The Morgan fingerprint density at radius 1 is 1.30 bits per heavy atom. The molecule has 3 rings (SSSR count). The van der Waals surface area contributed by atoms with E-state index in [1.54, 1.807) is 50.4 Å². The van der Waals surface area contributed by atoms with Crippen LogP contribution in [0.15, 0.2) is 48.9 Å². The highest BCUT2D eigenvalue weighted by Gasteiger charge is 2.18. The zero-order valence-corrected chi connectivity index (χ0v) is 15.4. The Balaban J connectivity index is 1.95. The number of rotatable bonds is 7. The topological polar surface area (TPSA) is 94.1 Å². The molecule has 0 saturated carbocycles. The number of methoxy groups -OCH3 is 1. The van der Waals surface area contributed by atoms with Crippen LogP contribution in [-0.2, 0) is 16.6 Å². The second-order valence-corrected chi connectivity index (χ2v) is 5.62. The number of para-hydroxylation sites is 1. The van der Waals surface area contributed by atoms with Gasteiger partial charge in [0, 0.05) is 30.6 Å². The van der Waals surface area contributed by atoms with E-state index in [-0.39, 0.29) is 6.61 Å². The molecule has 3 aromatic rings. The van der Waals surface area contributed by atoms with E-state index in [4.69, 9.17) is 9.47 Å². The Labute approximate surface area is 156 Å². The van der Waals surface area contributed by atoms with Crippen LogP contribution in [0.3, 0.4) is 0 Å². The fraction of sp³-hybridized carbons (Fsp3) is 0.211. The summed E-state index contributed by atoms with van der Waals surface area (Å²) < 4.78 is 12.2. The number of H-pyrrole nitrogens is 1. The van der Waals surface area contributed by atoms with Crippen LogP contribution in [0.25, 0.3) is 16.7 Å². The van der Waals surface area contributed by atoms with Crippen molar-refractivity contribution in [1.82, 2.24) is 20.0 Å². The minimum atomic E-state index is -0.438. The quantitative estimate of drug-likeness (QED) is 0.493. The van der Waals surface area contributed by atoms with Gasteiger partial charge in [-0.1, -0.05) is 18.2 Å². The number of nitrogens with one attached hydrogen (secondary N) is 2. The van der Waals surface area contributed by atoms with Gasteiger partial charge >= 0.3 is 5.97 Å². The van der Waals surface area contributed by atoms with Crippen molar-refractivity contribution >= 4 is 17.4 Å². The second kappa shape index (κ2) is 8.22. The van der Waals surface area contributed by atoms with Crippen LogP contribution in [0.5, 0.6) is 5.75 Å². The van der Waals surface area contributed by atoms with Gasteiger partial charge in [0.25, 0.3) is 0 Å². The van der Waals surface area contributed by atoms with Crippen molar-refractivity contribution in [2.75, 3.05) is 19.0 Å². The predicted molar refractivity (Wildman–Crippen MR) is 102 cm³/mol. The zero-order chi connectivity index (χ0) is 19.2. The second-order valence-electron chi connectivity index (χ2n) is 5.62. The summed E-state index contributed by atoms with van der Waals surface area (Å²) in [6, 6.07) is 9.38. The first kappa shape index (κ1) is 18.2. The minimum absolute atomic E-state index is 0.282. The van der Waals surface area contributed by atoms with Crippen LogP contribution in [0.4, 0.5) is 5.82 Å². The number of carbonyl (C=O) groups excluding carboxylic acids is 1. The van der Waals surface area contributed by atoms with Crippen LogP contribution >= 0.6 is 0 Å². The molecule has 0 atom stereocenters. The van der Waals surface area contributed by atoms with Gasteiger partial charge in [0.05, 0.1) is 25.6 Å². The predicted octanol–water partition coefficient (Wildman–Crippen LogP) is 2.83. The molecule has 2 aromatic heterocycles. The lowest BCUT2D eigenvalue weighted by molar-refractivity contribution is -0.136. The Kier molecular flexibility index (Phi) is 5.55. The lowest BCUT2D eigenvalue weighted by atomic mass is 10.1.